The SMILES string of the molecule is CN[C@@H](C)C(=O)N[C@H](C(=O)N1C[C@@H](NC(=O)CCC(=O)NCCN(C)C[C@@H]2CN(CC(=O)NCc3cccc(CNc4cc(N5CCC6(CC5)CN(c5cc(F)c(CN7CCC(C)(C)CC7)cc5F)CC(=O)N6)ncn4)c3)C[C@@H]2C)C[C@H]1C(=O)N[C@H]1CCCc2ccccc21)C1CCCCC1. The van der Waals surface area contributed by atoms with Crippen LogP contribution in [0.1, 0.15) is 151 Å². The van der Waals surface area contributed by atoms with Gasteiger partial charge in [-0.2, -0.15) is 0 Å². The smallest absolute Gasteiger partial charge is 0.246 e. The summed E-state index contributed by atoms with van der Waals surface area (Å²) in [5, 5.41) is 25.0. The number of aromatic nitrogens is 2. The van der Waals surface area contributed by atoms with Crippen molar-refractivity contribution in [2.24, 2.45) is 23.2 Å². The van der Waals surface area contributed by atoms with Crippen LogP contribution in [0.4, 0.5) is 26.1 Å². The molecule has 23 nitrogen and oxygen atoms in total. The Kier molecular flexibility index (Phi) is 25.0. The van der Waals surface area contributed by atoms with E-state index in [1.165, 1.54) is 24.0 Å². The van der Waals surface area contributed by atoms with Gasteiger partial charge in [0.15, 0.2) is 0 Å². The molecular formula is C76H108F2N16O7. The fourth-order valence-corrected chi connectivity index (χ4v) is 16.2. The average Bonchev–Trinajstić information content (AvgIpc) is 0.992. The van der Waals surface area contributed by atoms with Gasteiger partial charge in [-0.1, -0.05) is 88.6 Å². The van der Waals surface area contributed by atoms with Crippen LogP contribution in [0.2, 0.25) is 0 Å². The number of anilines is 3. The predicted octanol–water partition coefficient (Wildman–Crippen LogP) is 5.93. The van der Waals surface area contributed by atoms with E-state index in [1.54, 1.807) is 23.8 Å². The minimum atomic E-state index is -0.866. The lowest BCUT2D eigenvalue weighted by Gasteiger charge is -2.48. The van der Waals surface area contributed by atoms with Crippen molar-refractivity contribution in [2.45, 2.75) is 179 Å². The fourth-order valence-electron chi connectivity index (χ4n) is 16.2. The molecule has 0 radical (unpaired) electrons. The molecule has 6 heterocycles. The van der Waals surface area contributed by atoms with E-state index < -0.39 is 41.3 Å². The van der Waals surface area contributed by atoms with Crippen LogP contribution in [0.25, 0.3) is 0 Å². The monoisotopic (exact) mass is 1390 g/mol. The second kappa shape index (κ2) is 33.9. The fraction of sp³-hybridized carbons (Fsp3) is 0.618. The Morgan fingerprint density at radius 1 is 0.772 bits per heavy atom. The topological polar surface area (TPSA) is 261 Å². The highest BCUT2D eigenvalue weighted by Crippen LogP contribution is 2.37. The molecular weight excluding hydrogens is 1290 g/mol. The molecule has 548 valence electrons. The summed E-state index contributed by atoms with van der Waals surface area (Å²) in [4.78, 5) is 117. The molecule has 7 aliphatic rings. The van der Waals surface area contributed by atoms with Gasteiger partial charge in [-0.05, 0) is 150 Å². The number of piperidine rings is 2. The van der Waals surface area contributed by atoms with Crippen molar-refractivity contribution in [2.75, 3.05) is 114 Å². The van der Waals surface area contributed by atoms with Gasteiger partial charge in [0.1, 0.15) is 41.7 Å². The van der Waals surface area contributed by atoms with Crippen LogP contribution in [0.5, 0.6) is 0 Å². The molecule has 0 bridgehead atoms. The van der Waals surface area contributed by atoms with Crippen LogP contribution in [0, 0.1) is 34.8 Å². The third-order valence-electron chi connectivity index (χ3n) is 22.5. The number of carbonyl (C=O) groups excluding carboxylic acids is 7. The number of halogens is 2. The number of nitrogens with one attached hydrogen (secondary N) is 8. The molecule has 101 heavy (non-hydrogen) atoms. The minimum Gasteiger partial charge on any atom is -0.366 e. The number of fused-ring (bicyclic) bond motifs is 1. The highest BCUT2D eigenvalue weighted by molar-refractivity contribution is 5.94. The molecule has 1 aromatic heterocycles. The van der Waals surface area contributed by atoms with Crippen molar-refractivity contribution in [3.63, 3.8) is 0 Å². The molecule has 8 N–H and O–H groups in total. The molecule has 2 aliphatic carbocycles. The summed E-state index contributed by atoms with van der Waals surface area (Å²) in [5.41, 5.74) is 4.35. The van der Waals surface area contributed by atoms with E-state index in [9.17, 15) is 33.6 Å². The zero-order chi connectivity index (χ0) is 71.4. The van der Waals surface area contributed by atoms with E-state index in [4.69, 9.17) is 0 Å². The molecule has 11 rings (SSSR count). The summed E-state index contributed by atoms with van der Waals surface area (Å²) in [6.07, 6.45) is 12.0. The number of nitrogens with zero attached hydrogens (tertiary/aromatic N) is 8. The summed E-state index contributed by atoms with van der Waals surface area (Å²) < 4.78 is 31.4. The number of aryl methyl sites for hydroxylation is 1. The number of carbonyl (C=O) groups is 7. The van der Waals surface area contributed by atoms with E-state index in [0.29, 0.717) is 88.4 Å². The summed E-state index contributed by atoms with van der Waals surface area (Å²) in [7, 11) is 3.72. The lowest BCUT2D eigenvalue weighted by molar-refractivity contribution is -0.143. The number of likely N-dealkylation sites (N-methyl/N-ethyl adjacent to an activating group) is 2. The number of piperazine rings is 1. The lowest BCUT2D eigenvalue weighted by atomic mass is 9.82. The summed E-state index contributed by atoms with van der Waals surface area (Å²) in [6.45, 7) is 16.6. The maximum absolute atomic E-state index is 15.8. The summed E-state index contributed by atoms with van der Waals surface area (Å²) in [5.74, 6) is -0.727. The van der Waals surface area contributed by atoms with Crippen molar-refractivity contribution in [1.82, 2.24) is 66.8 Å². The van der Waals surface area contributed by atoms with Crippen molar-refractivity contribution < 1.29 is 42.3 Å². The summed E-state index contributed by atoms with van der Waals surface area (Å²) in [6, 6.07) is 17.7. The molecule has 4 aromatic rings. The maximum atomic E-state index is 15.8. The van der Waals surface area contributed by atoms with Crippen LogP contribution in [-0.4, -0.2) is 200 Å². The van der Waals surface area contributed by atoms with Gasteiger partial charge in [-0.3, -0.25) is 43.4 Å². The van der Waals surface area contributed by atoms with Crippen molar-refractivity contribution in [3.8, 4) is 0 Å². The molecule has 5 saturated heterocycles. The van der Waals surface area contributed by atoms with Gasteiger partial charge in [0.25, 0.3) is 0 Å². The van der Waals surface area contributed by atoms with E-state index in [-0.39, 0.29) is 103 Å². The number of benzene rings is 3. The first kappa shape index (κ1) is 74.3. The predicted molar refractivity (Wildman–Crippen MR) is 385 cm³/mol. The molecule has 0 unspecified atom stereocenters. The quantitative estimate of drug-likeness (QED) is 0.0344. The zero-order valence-corrected chi connectivity index (χ0v) is 60.2. The average molecular weight is 1400 g/mol. The van der Waals surface area contributed by atoms with Crippen molar-refractivity contribution in [1.29, 1.82) is 0 Å². The molecule has 1 saturated carbocycles. The molecule has 7 atom stereocenters. The Morgan fingerprint density at radius 2 is 1.52 bits per heavy atom. The number of rotatable bonds is 27. The zero-order valence-electron chi connectivity index (χ0n) is 60.2. The normalized spacial score (nSPS) is 23.0. The standard InChI is InChI=1S/C76H108F2N16O7/c1-50-41-91(44-57(50)42-89(6)33-28-80-67(95)22-23-68(96)85-58-36-64(73(100)86-62-21-13-19-54-16-10-11-20-59(54)62)94(45-58)74(101)71(55-17-8-7-9-18-55)87-72(99)51(2)79-5)46-69(97)82-40-53-15-12-14-52(34-53)39-81-65-38-66(84-49-83-65)92-31-26-76(27-32-92)48-93(47-70(98)88-76)63-37-60(77)56(35-61(63)78)43-90-29-24-75(3,4)25-30-90/h10-12,14-16,20,34-35,37-38,49-51,55,57-58,62,64,71,79H,7-9,13,17-19,21-33,36,39-48H2,1-6H3,(H,80,95)(H,82,97)(H,85,96)(H,86,100)(H,87,99)(H,88,98)(H,81,83,84)/t50-,51-,57+,58-,62-,64-,71-/m0/s1. The van der Waals surface area contributed by atoms with E-state index in [0.717, 1.165) is 119 Å². The maximum Gasteiger partial charge on any atom is 0.246 e. The first-order valence-corrected chi connectivity index (χ1v) is 37.1. The highest BCUT2D eigenvalue weighted by atomic mass is 19.1. The second-order valence-corrected chi connectivity index (χ2v) is 30.8. The first-order valence-electron chi connectivity index (χ1n) is 37.1. The van der Waals surface area contributed by atoms with E-state index in [1.807, 2.05) is 49.5 Å². The molecule has 6 fully saturated rings. The van der Waals surface area contributed by atoms with Gasteiger partial charge in [-0.15, -0.1) is 0 Å². The molecule has 7 amide bonds. The van der Waals surface area contributed by atoms with E-state index >= 15 is 8.78 Å². The van der Waals surface area contributed by atoms with Crippen LogP contribution in [0.3, 0.4) is 0 Å². The van der Waals surface area contributed by atoms with Crippen LogP contribution < -0.4 is 52.3 Å². The van der Waals surface area contributed by atoms with Gasteiger partial charge < -0.3 is 62.1 Å². The largest absolute Gasteiger partial charge is 0.366 e. The Morgan fingerprint density at radius 3 is 2.30 bits per heavy atom. The van der Waals surface area contributed by atoms with Crippen molar-refractivity contribution in [3.05, 3.63) is 113 Å². The Labute approximate surface area is 594 Å². The van der Waals surface area contributed by atoms with Crippen molar-refractivity contribution >= 4 is 58.7 Å². The Bertz CT molecular complexity index is 3560. The van der Waals surface area contributed by atoms with Crippen LogP contribution >= 0.6 is 0 Å². The van der Waals surface area contributed by atoms with Crippen LogP contribution in [-0.2, 0) is 59.6 Å². The first-order chi connectivity index (χ1) is 48.5. The lowest BCUT2D eigenvalue weighted by Crippen LogP contribution is -2.66. The van der Waals surface area contributed by atoms with Gasteiger partial charge in [0.2, 0.25) is 41.4 Å². The number of likely N-dealkylation sites (tertiary alicyclic amines) is 3. The van der Waals surface area contributed by atoms with Gasteiger partial charge in [-0.25, -0.2) is 18.7 Å². The van der Waals surface area contributed by atoms with Gasteiger partial charge in [0.05, 0.1) is 36.4 Å². The minimum absolute atomic E-state index is 0.0257. The molecule has 1 spiro atoms. The number of hydrogen-bond donors (Lipinski definition) is 8. The third kappa shape index (κ3) is 19.9. The summed E-state index contributed by atoms with van der Waals surface area (Å²) >= 11 is 0. The number of hydrogen-bond acceptors (Lipinski definition) is 16. The highest BCUT2D eigenvalue weighted by Gasteiger charge is 2.46. The molecule has 3 aromatic carbocycles. The van der Waals surface area contributed by atoms with Gasteiger partial charge in [0, 0.05) is 115 Å². The molecule has 5 aliphatic heterocycles. The third-order valence-corrected chi connectivity index (χ3v) is 22.5. The van der Waals surface area contributed by atoms with Crippen LogP contribution in [0.15, 0.2) is 73.1 Å². The molecule has 25 heteroatoms. The second-order valence-electron chi connectivity index (χ2n) is 30.8. The number of amides is 7. The van der Waals surface area contributed by atoms with Gasteiger partial charge >= 0.3 is 0 Å². The van der Waals surface area contributed by atoms with E-state index in [2.05, 4.69) is 105 Å². The Balaban J connectivity index is 0.578. The Hall–Kier alpha value is -7.87.